The molecule has 9 heterocycles. The fourth-order valence-electron chi connectivity index (χ4n) is 13.4. The first kappa shape index (κ1) is 62.8. The minimum absolute atomic E-state index is 0.586. The lowest BCUT2D eigenvalue weighted by Gasteiger charge is -2.22. The lowest BCUT2D eigenvalue weighted by Crippen LogP contribution is -2.72. The third-order valence-electron chi connectivity index (χ3n) is 18.7. The lowest BCUT2D eigenvalue weighted by molar-refractivity contribution is -0.697. The fourth-order valence-corrected chi connectivity index (χ4v) is 13.4. The van der Waals surface area contributed by atoms with Gasteiger partial charge in [-0.2, -0.15) is 0 Å². The average Bonchev–Trinajstić information content (AvgIpc) is 1.64. The van der Waals surface area contributed by atoms with Crippen molar-refractivity contribution in [2.45, 2.75) is 159 Å². The van der Waals surface area contributed by atoms with Crippen LogP contribution in [0.25, 0.3) is 22.3 Å². The van der Waals surface area contributed by atoms with Crippen molar-refractivity contribution in [1.29, 1.82) is 0 Å². The van der Waals surface area contributed by atoms with Gasteiger partial charge in [-0.1, -0.05) is 85.1 Å². The van der Waals surface area contributed by atoms with E-state index in [1.165, 1.54) is 105 Å². The van der Waals surface area contributed by atoms with Gasteiger partial charge in [0.15, 0.2) is 31.3 Å². The molecule has 4 aromatic rings. The number of aliphatic imine (C=N–C) groups is 2. The normalized spacial score (nSPS) is 17.2. The molecule has 0 aliphatic carbocycles. The van der Waals surface area contributed by atoms with Gasteiger partial charge in [0.2, 0.25) is 22.8 Å². The van der Waals surface area contributed by atoms with Gasteiger partial charge in [-0.25, -0.2) is 29.1 Å². The van der Waals surface area contributed by atoms with Gasteiger partial charge in [-0.05, 0) is 177 Å². The highest BCUT2D eigenvalue weighted by Crippen LogP contribution is 2.43. The van der Waals surface area contributed by atoms with E-state index in [9.17, 15) is 0 Å². The number of aryl methyl sites for hydroxylation is 2. The molecule has 0 atom stereocenters. The van der Waals surface area contributed by atoms with Crippen molar-refractivity contribution in [2.75, 3.05) is 26.3 Å². The van der Waals surface area contributed by atoms with Crippen molar-refractivity contribution in [3.05, 3.63) is 248 Å². The van der Waals surface area contributed by atoms with Gasteiger partial charge in [0, 0.05) is 115 Å². The van der Waals surface area contributed by atoms with E-state index in [1.54, 1.807) is 0 Å². The van der Waals surface area contributed by atoms with Gasteiger partial charge in [-0.3, -0.25) is 0 Å². The van der Waals surface area contributed by atoms with Gasteiger partial charge in [0.05, 0.1) is 36.0 Å². The molecule has 0 unspecified atom stereocenters. The van der Waals surface area contributed by atoms with Crippen LogP contribution in [0.4, 0.5) is 0 Å². The molecule has 2 aromatic heterocycles. The SMILES string of the molecule is CCCCCN1C=CC(=C2C=CN(CCCOc3cccc(C4=C5N=C(C=C6[NH+]=C(C(CC)=C6C)C(c6cccc(OCCC[n+]7ccc(-c8cc[n+](CCCCC)cc8)cc7)c6)=C6[NH+]=C(C=C7N=C4C(CC)=C7C)C(C)=C6CC)C(C)=C5CC)c3)C=C2)C=C1. The second-order valence-electron chi connectivity index (χ2n) is 24.6. The summed E-state index contributed by atoms with van der Waals surface area (Å²) in [5, 5.41) is 0. The summed E-state index contributed by atoms with van der Waals surface area (Å²) < 4.78 is 17.8. The highest BCUT2D eigenvalue weighted by Gasteiger charge is 2.40. The Morgan fingerprint density at radius 3 is 1.60 bits per heavy atom. The van der Waals surface area contributed by atoms with Crippen molar-refractivity contribution in [1.82, 2.24) is 9.80 Å². The molecule has 0 amide bonds. The van der Waals surface area contributed by atoms with E-state index < -0.39 is 0 Å². The number of hydrogen-bond donors (Lipinski definition) is 2. The van der Waals surface area contributed by atoms with Crippen LogP contribution in [0, 0.1) is 0 Å². The summed E-state index contributed by atoms with van der Waals surface area (Å²) in [4.78, 5) is 24.1. The fraction of sp³-hybridized carbons (Fsp3) is 0.350. The first-order valence-electron chi connectivity index (χ1n) is 33.6. The van der Waals surface area contributed by atoms with Crippen molar-refractivity contribution in [2.24, 2.45) is 9.98 Å². The molecular formula is C80H94N8O2+4. The predicted molar refractivity (Wildman–Crippen MR) is 370 cm³/mol. The first-order valence-corrected chi connectivity index (χ1v) is 33.6. The zero-order chi connectivity index (χ0) is 62.7. The largest absolute Gasteiger partial charge is 0.494 e. The highest BCUT2D eigenvalue weighted by atomic mass is 16.5. The molecule has 0 spiro atoms. The molecule has 10 nitrogen and oxygen atoms in total. The van der Waals surface area contributed by atoms with Gasteiger partial charge >= 0.3 is 0 Å². The Labute approximate surface area is 536 Å². The van der Waals surface area contributed by atoms with E-state index in [-0.39, 0.29) is 0 Å². The first-order chi connectivity index (χ1) is 44.0. The van der Waals surface area contributed by atoms with Gasteiger partial charge in [0.25, 0.3) is 0 Å². The van der Waals surface area contributed by atoms with Crippen LogP contribution < -0.4 is 28.6 Å². The highest BCUT2D eigenvalue weighted by molar-refractivity contribution is 6.36. The number of hydrogen-bond acceptors (Lipinski definition) is 6. The number of nitrogens with one attached hydrogen (secondary N) is 2. The molecule has 7 aliphatic heterocycles. The van der Waals surface area contributed by atoms with E-state index in [0.29, 0.717) is 13.2 Å². The molecule has 0 saturated heterocycles. The maximum atomic E-state index is 6.65. The topological polar surface area (TPSA) is 85.4 Å². The monoisotopic (exact) mass is 1200 g/mol. The minimum Gasteiger partial charge on any atom is -0.494 e. The summed E-state index contributed by atoms with van der Waals surface area (Å²) in [5.41, 5.74) is 27.3. The van der Waals surface area contributed by atoms with Crippen molar-refractivity contribution in [3.8, 4) is 22.6 Å². The Bertz CT molecular complexity index is 3950. The van der Waals surface area contributed by atoms with Crippen molar-refractivity contribution < 1.29 is 28.6 Å². The van der Waals surface area contributed by atoms with E-state index >= 15 is 0 Å². The quantitative estimate of drug-likeness (QED) is 0.0511. The molecule has 8 bridgehead atoms. The number of aromatic nitrogens is 2. The average molecular weight is 1200 g/mol. The van der Waals surface area contributed by atoms with E-state index in [1.807, 2.05) is 0 Å². The smallest absolute Gasteiger partial charge is 0.222 e. The van der Waals surface area contributed by atoms with Crippen molar-refractivity contribution in [3.63, 3.8) is 0 Å². The van der Waals surface area contributed by atoms with Crippen LogP contribution in [0.5, 0.6) is 11.5 Å². The second kappa shape index (κ2) is 29.3. The third-order valence-corrected chi connectivity index (χ3v) is 18.7. The molecule has 0 fully saturated rings. The maximum Gasteiger partial charge on any atom is 0.222 e. The Morgan fingerprint density at radius 1 is 0.478 bits per heavy atom. The number of benzene rings is 2. The summed E-state index contributed by atoms with van der Waals surface area (Å²) in [5.74, 6) is 1.69. The van der Waals surface area contributed by atoms with Crippen LogP contribution in [0.1, 0.15) is 157 Å². The molecule has 90 heavy (non-hydrogen) atoms. The third kappa shape index (κ3) is 13.8. The van der Waals surface area contributed by atoms with Crippen LogP contribution in [0.15, 0.2) is 247 Å². The number of allylic oxidation sites excluding steroid dienone is 18. The lowest BCUT2D eigenvalue weighted by atomic mass is 9.88. The number of unbranched alkanes of at least 4 members (excludes halogenated alkanes) is 4. The predicted octanol–water partition coefficient (Wildman–Crippen LogP) is 14.3. The number of nitrogens with zero attached hydrogens (tertiary/aromatic N) is 6. The molecular weight excluding hydrogens is 1100 g/mol. The maximum absolute atomic E-state index is 6.65. The van der Waals surface area contributed by atoms with E-state index in [2.05, 4.69) is 257 Å². The second-order valence-corrected chi connectivity index (χ2v) is 24.6. The molecule has 0 saturated carbocycles. The van der Waals surface area contributed by atoms with Crippen LogP contribution in [-0.2, 0) is 13.1 Å². The van der Waals surface area contributed by atoms with Gasteiger partial charge < -0.3 is 19.3 Å². The summed E-state index contributed by atoms with van der Waals surface area (Å²) in [6.07, 6.45) is 43.5. The van der Waals surface area contributed by atoms with Gasteiger partial charge in [-0.15, -0.1) is 0 Å². The number of pyridine rings is 2. The van der Waals surface area contributed by atoms with Crippen molar-refractivity contribution >= 4 is 34.0 Å². The zero-order valence-electron chi connectivity index (χ0n) is 55.2. The molecule has 462 valence electrons. The Kier molecular flexibility index (Phi) is 20.4. The Balaban J connectivity index is 0.868. The van der Waals surface area contributed by atoms with Crippen LogP contribution in [-0.4, -0.2) is 58.9 Å². The molecule has 0 radical (unpaired) electrons. The summed E-state index contributed by atoms with van der Waals surface area (Å²) in [7, 11) is 0. The molecule has 7 aliphatic rings. The number of ether oxygens (including phenoxy) is 2. The molecule has 2 aromatic carbocycles. The molecule has 11 rings (SSSR count). The Hall–Kier alpha value is -8.76. The van der Waals surface area contributed by atoms with Crippen LogP contribution in [0.2, 0.25) is 0 Å². The summed E-state index contributed by atoms with van der Waals surface area (Å²) in [6, 6.07) is 26.2. The van der Waals surface area contributed by atoms with E-state index in [4.69, 9.17) is 19.5 Å². The standard InChI is InChI=1S/C80H92N8O2/c1-11-17-19-37-85-41-29-59(30-42-85)61-33-45-87(46-34-61)39-23-49-89-65-27-21-25-63(51-65)75-77-67(13-3)55(7)71(81-77)53-73-57(9)69(15-5)79(83-73)76(80-70(16-6)58(10)74(84-80)54-72-56(8)68(14-4)78(75)82-72)64-26-22-28-66(52-64)90-50-24-40-88-47-35-62(36-48-88)60-31-43-86(44-32-60)38-20-18-12-2/h21-22,25-36,41-48,51-54H,11-20,23-24,37-40,49-50H2,1-10H3/q+2/p+2. The van der Waals surface area contributed by atoms with E-state index in [0.717, 1.165) is 144 Å². The molecule has 10 heteroatoms. The molecule has 2 N–H and O–H groups in total. The minimum atomic E-state index is 0.586. The number of rotatable bonds is 25. The zero-order valence-corrected chi connectivity index (χ0v) is 55.2. The number of fused-ring (bicyclic) bond motifs is 4. The van der Waals surface area contributed by atoms with Crippen LogP contribution in [0.3, 0.4) is 0 Å². The van der Waals surface area contributed by atoms with Gasteiger partial charge in [0.1, 0.15) is 23.6 Å². The Morgan fingerprint density at radius 2 is 1.02 bits per heavy atom. The summed E-state index contributed by atoms with van der Waals surface area (Å²) >= 11 is 0. The summed E-state index contributed by atoms with van der Waals surface area (Å²) in [6.45, 7) is 27.6. The van der Waals surface area contributed by atoms with Crippen LogP contribution >= 0.6 is 0 Å².